The highest BCUT2D eigenvalue weighted by molar-refractivity contribution is 7.80. The Morgan fingerprint density at radius 2 is 1.97 bits per heavy atom. The number of amidine groups is 1. The number of hydrogen-bond donors (Lipinski definition) is 4. The van der Waals surface area contributed by atoms with Gasteiger partial charge in [0.2, 0.25) is 5.91 Å². The minimum absolute atomic E-state index is 0.0864. The number of rotatable bonds is 7. The zero-order chi connectivity index (χ0) is 23.7. The monoisotopic (exact) mass is 467 g/mol. The second-order valence-corrected chi connectivity index (χ2v) is 8.70. The number of benzene rings is 3. The van der Waals surface area contributed by atoms with Crippen molar-refractivity contribution in [1.82, 2.24) is 4.90 Å². The van der Waals surface area contributed by atoms with Gasteiger partial charge >= 0.3 is 0 Å². The van der Waals surface area contributed by atoms with Crippen LogP contribution in [0, 0.1) is 5.41 Å². The predicted octanol–water partition coefficient (Wildman–Crippen LogP) is 2.46. The third-order valence-electron chi connectivity index (χ3n) is 5.82. The van der Waals surface area contributed by atoms with Crippen LogP contribution in [-0.4, -0.2) is 45.1 Å². The van der Waals surface area contributed by atoms with E-state index in [1.165, 1.54) is 4.31 Å². The van der Waals surface area contributed by atoms with Crippen molar-refractivity contribution in [2.75, 3.05) is 23.7 Å². The molecular formula is C23H25N5O4S. The second-order valence-electron chi connectivity index (χ2n) is 7.85. The van der Waals surface area contributed by atoms with Crippen molar-refractivity contribution in [1.29, 1.82) is 5.41 Å². The van der Waals surface area contributed by atoms with Crippen LogP contribution in [0.3, 0.4) is 0 Å². The summed E-state index contributed by atoms with van der Waals surface area (Å²) in [6.45, 7) is 0.630. The topological polar surface area (TPSA) is 146 Å². The van der Waals surface area contributed by atoms with E-state index in [2.05, 4.69) is 0 Å². The zero-order valence-electron chi connectivity index (χ0n) is 18.0. The lowest BCUT2D eigenvalue weighted by Crippen LogP contribution is -2.42. The standard InChI is InChI=1S/C23H25N5O4S/c1-32-19-6-3-14-2-5-18(11-16(14)12-19)28(33(30)31)21-8-9-27(23(21)29)13-17-10-15(22(25)26)4-7-20(17)24/h2-7,10-12,21H,8-9,13,24H2,1H3,(H3,25,26)(H,30,31). The Hall–Kier alpha value is -3.63. The first-order chi connectivity index (χ1) is 15.8. The summed E-state index contributed by atoms with van der Waals surface area (Å²) in [5, 5.41) is 9.40. The van der Waals surface area contributed by atoms with Gasteiger partial charge in [0.25, 0.3) is 11.3 Å². The number of likely N-dealkylation sites (tertiary alicyclic amines) is 1. The molecule has 3 aromatic carbocycles. The van der Waals surface area contributed by atoms with Crippen LogP contribution in [-0.2, 0) is 22.6 Å². The fourth-order valence-electron chi connectivity index (χ4n) is 4.07. The molecule has 0 saturated carbocycles. The molecule has 9 nitrogen and oxygen atoms in total. The third-order valence-corrected chi connectivity index (χ3v) is 6.62. The lowest BCUT2D eigenvalue weighted by Gasteiger charge is -2.26. The molecule has 172 valence electrons. The van der Waals surface area contributed by atoms with E-state index in [4.69, 9.17) is 21.6 Å². The maximum Gasteiger partial charge on any atom is 0.262 e. The maximum atomic E-state index is 13.2. The second kappa shape index (κ2) is 9.08. The van der Waals surface area contributed by atoms with E-state index in [1.54, 1.807) is 42.3 Å². The number of fused-ring (bicyclic) bond motifs is 1. The predicted molar refractivity (Wildman–Crippen MR) is 129 cm³/mol. The van der Waals surface area contributed by atoms with E-state index < -0.39 is 17.3 Å². The molecule has 1 aliphatic heterocycles. The minimum atomic E-state index is -2.41. The Bertz CT molecular complexity index is 1260. The van der Waals surface area contributed by atoms with E-state index in [-0.39, 0.29) is 18.3 Å². The highest BCUT2D eigenvalue weighted by Gasteiger charge is 2.39. The number of ether oxygens (including phenoxy) is 1. The van der Waals surface area contributed by atoms with Crippen molar-refractivity contribution < 1.29 is 18.3 Å². The van der Waals surface area contributed by atoms with Crippen LogP contribution in [0.5, 0.6) is 5.75 Å². The number of nitrogens with two attached hydrogens (primary N) is 2. The van der Waals surface area contributed by atoms with E-state index in [0.29, 0.717) is 41.2 Å². The van der Waals surface area contributed by atoms with Crippen molar-refractivity contribution in [2.45, 2.75) is 19.0 Å². The molecule has 1 heterocycles. The number of nitrogens with zero attached hydrogens (tertiary/aromatic N) is 2. The maximum absolute atomic E-state index is 13.2. The van der Waals surface area contributed by atoms with Crippen molar-refractivity contribution in [3.05, 3.63) is 65.7 Å². The first-order valence-electron chi connectivity index (χ1n) is 10.3. The quantitative estimate of drug-likeness (QED) is 0.182. The van der Waals surface area contributed by atoms with E-state index in [9.17, 15) is 13.6 Å². The fourth-order valence-corrected chi connectivity index (χ4v) is 4.78. The fraction of sp³-hybridized carbons (Fsp3) is 0.217. The smallest absolute Gasteiger partial charge is 0.262 e. The summed E-state index contributed by atoms with van der Waals surface area (Å²) < 4.78 is 28.9. The number of anilines is 2. The van der Waals surface area contributed by atoms with Gasteiger partial charge in [0.05, 0.1) is 12.8 Å². The zero-order valence-corrected chi connectivity index (χ0v) is 18.8. The molecule has 2 unspecified atom stereocenters. The molecule has 3 aromatic rings. The number of amides is 1. The molecule has 1 fully saturated rings. The molecule has 0 spiro atoms. The molecule has 0 aliphatic carbocycles. The Morgan fingerprint density at radius 3 is 2.67 bits per heavy atom. The molecule has 0 bridgehead atoms. The van der Waals surface area contributed by atoms with Gasteiger partial charge in [-0.25, -0.2) is 4.21 Å². The highest BCUT2D eigenvalue weighted by Crippen LogP contribution is 2.31. The SMILES string of the molecule is COc1ccc2ccc(N(C3CCN(Cc4cc(C(=N)N)ccc4N)C3=O)S(=O)O)cc2c1. The van der Waals surface area contributed by atoms with Crippen molar-refractivity contribution in [2.24, 2.45) is 5.73 Å². The molecule has 6 N–H and O–H groups in total. The highest BCUT2D eigenvalue weighted by atomic mass is 32.2. The van der Waals surface area contributed by atoms with Gasteiger partial charge in [-0.2, -0.15) is 0 Å². The summed E-state index contributed by atoms with van der Waals surface area (Å²) in [6, 6.07) is 15.1. The summed E-state index contributed by atoms with van der Waals surface area (Å²) in [5.41, 5.74) is 13.8. The number of carbonyl (C=O) groups is 1. The molecule has 33 heavy (non-hydrogen) atoms. The van der Waals surface area contributed by atoms with Gasteiger partial charge in [0.15, 0.2) is 0 Å². The number of hydrogen-bond acceptors (Lipinski definition) is 5. The molecular weight excluding hydrogens is 442 g/mol. The lowest BCUT2D eigenvalue weighted by atomic mass is 10.1. The minimum Gasteiger partial charge on any atom is -0.497 e. The molecule has 1 saturated heterocycles. The van der Waals surface area contributed by atoms with Crippen molar-refractivity contribution in [3.8, 4) is 5.75 Å². The van der Waals surface area contributed by atoms with Gasteiger partial charge in [-0.3, -0.25) is 19.1 Å². The van der Waals surface area contributed by atoms with Crippen LogP contribution in [0.15, 0.2) is 54.6 Å². The Balaban J connectivity index is 1.61. The lowest BCUT2D eigenvalue weighted by molar-refractivity contribution is -0.129. The van der Waals surface area contributed by atoms with Crippen LogP contribution in [0.2, 0.25) is 0 Å². The van der Waals surface area contributed by atoms with Crippen LogP contribution in [0.1, 0.15) is 17.5 Å². The van der Waals surface area contributed by atoms with E-state index in [0.717, 1.165) is 10.8 Å². The third kappa shape index (κ3) is 4.48. The summed E-state index contributed by atoms with van der Waals surface area (Å²) in [6.07, 6.45) is 0.383. The molecule has 0 radical (unpaired) electrons. The van der Waals surface area contributed by atoms with Crippen LogP contribution < -0.4 is 20.5 Å². The summed E-state index contributed by atoms with van der Waals surface area (Å²) in [4.78, 5) is 14.8. The average Bonchev–Trinajstić information content (AvgIpc) is 3.14. The first kappa shape index (κ1) is 22.6. The van der Waals surface area contributed by atoms with Crippen LogP contribution in [0.25, 0.3) is 10.8 Å². The summed E-state index contributed by atoms with van der Waals surface area (Å²) in [5.74, 6) is 0.317. The van der Waals surface area contributed by atoms with Crippen molar-refractivity contribution in [3.63, 3.8) is 0 Å². The van der Waals surface area contributed by atoms with Gasteiger partial charge in [-0.15, -0.1) is 0 Å². The largest absolute Gasteiger partial charge is 0.497 e. The summed E-state index contributed by atoms with van der Waals surface area (Å²) in [7, 11) is 1.57. The van der Waals surface area contributed by atoms with Gasteiger partial charge < -0.3 is 21.1 Å². The average molecular weight is 468 g/mol. The summed E-state index contributed by atoms with van der Waals surface area (Å²) >= 11 is -2.41. The number of nitrogens with one attached hydrogen (secondary N) is 1. The number of nitrogen functional groups attached to an aromatic ring is 2. The first-order valence-corrected chi connectivity index (χ1v) is 11.3. The van der Waals surface area contributed by atoms with Crippen LogP contribution >= 0.6 is 0 Å². The molecule has 1 aliphatic rings. The number of methoxy groups -OCH3 is 1. The molecule has 10 heteroatoms. The van der Waals surface area contributed by atoms with E-state index >= 15 is 0 Å². The van der Waals surface area contributed by atoms with Crippen molar-refractivity contribution >= 4 is 45.2 Å². The van der Waals surface area contributed by atoms with Gasteiger partial charge in [-0.05, 0) is 65.2 Å². The Morgan fingerprint density at radius 1 is 1.21 bits per heavy atom. The van der Waals surface area contributed by atoms with E-state index in [1.807, 2.05) is 24.3 Å². The normalized spacial score (nSPS) is 16.7. The number of carbonyl (C=O) groups excluding carboxylic acids is 1. The van der Waals surface area contributed by atoms with Gasteiger partial charge in [0, 0.05) is 24.3 Å². The van der Waals surface area contributed by atoms with Crippen LogP contribution in [0.4, 0.5) is 11.4 Å². The molecule has 1 amide bonds. The molecule has 4 rings (SSSR count). The molecule has 2 atom stereocenters. The van der Waals surface area contributed by atoms with Gasteiger partial charge in [-0.1, -0.05) is 12.1 Å². The molecule has 0 aromatic heterocycles. The Labute approximate surface area is 193 Å². The van der Waals surface area contributed by atoms with Gasteiger partial charge in [0.1, 0.15) is 17.6 Å². The Kier molecular flexibility index (Phi) is 6.21.